The highest BCUT2D eigenvalue weighted by molar-refractivity contribution is 5.70. The number of hydrogen-bond acceptors (Lipinski definition) is 3. The lowest BCUT2D eigenvalue weighted by atomic mass is 10.2. The molecule has 0 saturated carbocycles. The van der Waals surface area contributed by atoms with E-state index in [9.17, 15) is 9.59 Å². The van der Waals surface area contributed by atoms with Crippen LogP contribution in [-0.4, -0.2) is 41.9 Å². The first-order valence-corrected chi connectivity index (χ1v) is 6.20. The molecular formula is C13H17N2O4+. The molecule has 0 saturated heterocycles. The van der Waals surface area contributed by atoms with Crippen molar-refractivity contribution in [3.8, 4) is 0 Å². The first kappa shape index (κ1) is 13.4. The molecule has 0 bridgehead atoms. The van der Waals surface area contributed by atoms with Gasteiger partial charge in [0.05, 0.1) is 19.4 Å². The predicted molar refractivity (Wildman–Crippen MR) is 68.7 cm³/mol. The van der Waals surface area contributed by atoms with Gasteiger partial charge in [-0.15, -0.1) is 0 Å². The van der Waals surface area contributed by atoms with Crippen molar-refractivity contribution in [1.82, 2.24) is 0 Å². The predicted octanol–water partition coefficient (Wildman–Crippen LogP) is -0.0701. The maximum absolute atomic E-state index is 10.7. The number of carboxylic acids is 2. The molecule has 1 aromatic rings. The van der Waals surface area contributed by atoms with Gasteiger partial charge in [0.1, 0.15) is 5.69 Å². The highest BCUT2D eigenvalue weighted by Crippen LogP contribution is 2.25. The first-order valence-electron chi connectivity index (χ1n) is 6.20. The van der Waals surface area contributed by atoms with E-state index in [1.54, 1.807) is 0 Å². The fourth-order valence-corrected chi connectivity index (χ4v) is 2.35. The van der Waals surface area contributed by atoms with Crippen molar-refractivity contribution in [1.29, 1.82) is 0 Å². The molecule has 19 heavy (non-hydrogen) atoms. The zero-order valence-electron chi connectivity index (χ0n) is 10.5. The van der Waals surface area contributed by atoms with Gasteiger partial charge in [-0.05, 0) is 6.07 Å². The zero-order chi connectivity index (χ0) is 13.8. The van der Waals surface area contributed by atoms with E-state index < -0.39 is 11.9 Å². The molecule has 0 fully saturated rings. The summed E-state index contributed by atoms with van der Waals surface area (Å²) in [6.45, 7) is 1.58. The van der Waals surface area contributed by atoms with Crippen LogP contribution in [0.3, 0.4) is 0 Å². The fraction of sp³-hybridized carbons (Fsp3) is 0.385. The summed E-state index contributed by atoms with van der Waals surface area (Å²) < 4.78 is 0. The van der Waals surface area contributed by atoms with Crippen molar-refractivity contribution in [2.24, 2.45) is 0 Å². The molecular weight excluding hydrogens is 248 g/mol. The van der Waals surface area contributed by atoms with Crippen molar-refractivity contribution >= 4 is 23.3 Å². The molecule has 1 heterocycles. The third-order valence-electron chi connectivity index (χ3n) is 3.24. The van der Waals surface area contributed by atoms with Crippen LogP contribution in [0.5, 0.6) is 0 Å². The van der Waals surface area contributed by atoms with Gasteiger partial charge in [-0.1, -0.05) is 12.1 Å². The lowest BCUT2D eigenvalue weighted by molar-refractivity contribution is -0.825. The Kier molecular flexibility index (Phi) is 4.01. The zero-order valence-corrected chi connectivity index (χ0v) is 10.5. The number of hydrogen-bond donors (Lipinski definition) is 3. The highest BCUT2D eigenvalue weighted by Gasteiger charge is 2.30. The average molecular weight is 265 g/mol. The fourth-order valence-electron chi connectivity index (χ4n) is 2.35. The molecule has 0 amide bonds. The summed E-state index contributed by atoms with van der Waals surface area (Å²) in [6, 6.07) is 7.74. The van der Waals surface area contributed by atoms with Crippen molar-refractivity contribution in [3.63, 3.8) is 0 Å². The van der Waals surface area contributed by atoms with E-state index in [-0.39, 0.29) is 12.8 Å². The molecule has 2 rings (SSSR count). The number of fused-ring (bicyclic) bond motifs is 1. The van der Waals surface area contributed by atoms with Crippen LogP contribution in [0.1, 0.15) is 12.8 Å². The van der Waals surface area contributed by atoms with Crippen molar-refractivity contribution < 1.29 is 24.7 Å². The third kappa shape index (κ3) is 3.23. The van der Waals surface area contributed by atoms with Crippen LogP contribution >= 0.6 is 0 Å². The summed E-state index contributed by atoms with van der Waals surface area (Å²) in [5.74, 6) is -1.63. The Labute approximate surface area is 110 Å². The number of anilines is 1. The molecule has 1 aliphatic rings. The minimum absolute atomic E-state index is 0.0839. The normalized spacial score (nSPS) is 17.3. The number of nitrogens with zero attached hydrogens (tertiary/aromatic N) is 1. The Morgan fingerprint density at radius 3 is 2.53 bits per heavy atom. The number of aliphatic carboxylic acids is 2. The lowest BCUT2D eigenvalue weighted by Gasteiger charge is -2.16. The molecule has 6 heteroatoms. The molecule has 0 radical (unpaired) electrons. The van der Waals surface area contributed by atoms with Crippen molar-refractivity contribution in [3.05, 3.63) is 24.3 Å². The minimum Gasteiger partial charge on any atom is -0.481 e. The molecule has 0 aliphatic carbocycles. The second-order valence-corrected chi connectivity index (χ2v) is 4.58. The van der Waals surface area contributed by atoms with Gasteiger partial charge in [-0.2, -0.15) is 0 Å². The molecule has 1 atom stereocenters. The second kappa shape index (κ2) is 5.71. The standard InChI is InChI=1S/C13H16N2O4/c16-12(17)5-7-14-9-15(8-6-13(18)19)11-4-2-1-3-10(11)14/h1-4H,5-9H2,(H,16,17)(H,18,19)/p+1. The summed E-state index contributed by atoms with van der Waals surface area (Å²) in [5, 5.41) is 17.5. The summed E-state index contributed by atoms with van der Waals surface area (Å²) in [5.41, 5.74) is 2.05. The molecule has 3 N–H and O–H groups in total. The summed E-state index contributed by atoms with van der Waals surface area (Å²) in [7, 11) is 0. The number of carbonyl (C=O) groups is 2. The van der Waals surface area contributed by atoms with Gasteiger partial charge < -0.3 is 15.1 Å². The Morgan fingerprint density at radius 2 is 1.84 bits per heavy atom. The summed E-state index contributed by atoms with van der Waals surface area (Å²) in [6.07, 6.45) is 0.191. The number of para-hydroxylation sites is 2. The van der Waals surface area contributed by atoms with Gasteiger partial charge in [0.15, 0.2) is 12.4 Å². The van der Waals surface area contributed by atoms with Crippen LogP contribution < -0.4 is 9.80 Å². The quantitative estimate of drug-likeness (QED) is 0.671. The number of rotatable bonds is 6. The lowest BCUT2D eigenvalue weighted by Crippen LogP contribution is -3.07. The Hall–Kier alpha value is -2.08. The molecule has 0 spiro atoms. The molecule has 1 unspecified atom stereocenters. The van der Waals surface area contributed by atoms with Gasteiger partial charge in [0.2, 0.25) is 0 Å². The molecule has 0 aromatic heterocycles. The van der Waals surface area contributed by atoms with E-state index in [1.807, 2.05) is 29.2 Å². The largest absolute Gasteiger partial charge is 0.481 e. The van der Waals surface area contributed by atoms with Crippen LogP contribution in [0, 0.1) is 0 Å². The average Bonchev–Trinajstić information content (AvgIpc) is 2.72. The van der Waals surface area contributed by atoms with E-state index in [4.69, 9.17) is 10.2 Å². The Bertz CT molecular complexity index is 446. The Morgan fingerprint density at radius 1 is 1.16 bits per heavy atom. The van der Waals surface area contributed by atoms with Crippen molar-refractivity contribution in [2.75, 3.05) is 24.7 Å². The SMILES string of the molecule is O=C(O)CCN1C[NH+](CCC(=O)O)c2ccccc21. The minimum atomic E-state index is -0.823. The highest BCUT2D eigenvalue weighted by atomic mass is 16.4. The molecule has 1 aromatic carbocycles. The van der Waals surface area contributed by atoms with E-state index >= 15 is 0 Å². The number of carboxylic acid groups (broad SMARTS) is 2. The number of quaternary nitrogens is 1. The number of benzene rings is 1. The van der Waals surface area contributed by atoms with Crippen LogP contribution in [-0.2, 0) is 9.59 Å². The summed E-state index contributed by atoms with van der Waals surface area (Å²) >= 11 is 0. The van der Waals surface area contributed by atoms with E-state index in [1.165, 1.54) is 0 Å². The van der Waals surface area contributed by atoms with E-state index in [0.717, 1.165) is 16.3 Å². The maximum Gasteiger partial charge on any atom is 0.309 e. The molecule has 6 nitrogen and oxygen atoms in total. The Balaban J connectivity index is 2.09. The monoisotopic (exact) mass is 265 g/mol. The topological polar surface area (TPSA) is 82.3 Å². The van der Waals surface area contributed by atoms with E-state index in [2.05, 4.69) is 0 Å². The van der Waals surface area contributed by atoms with Gasteiger partial charge >= 0.3 is 11.9 Å². The van der Waals surface area contributed by atoms with Crippen LogP contribution in [0.2, 0.25) is 0 Å². The number of nitrogens with one attached hydrogen (secondary N) is 1. The van der Waals surface area contributed by atoms with Gasteiger partial charge in [-0.25, -0.2) is 0 Å². The van der Waals surface area contributed by atoms with Gasteiger partial charge in [0, 0.05) is 12.6 Å². The van der Waals surface area contributed by atoms with E-state index in [0.29, 0.717) is 19.8 Å². The van der Waals surface area contributed by atoms with Gasteiger partial charge in [-0.3, -0.25) is 14.5 Å². The van der Waals surface area contributed by atoms with Gasteiger partial charge in [0.25, 0.3) is 0 Å². The van der Waals surface area contributed by atoms with Crippen LogP contribution in [0.25, 0.3) is 0 Å². The smallest absolute Gasteiger partial charge is 0.309 e. The second-order valence-electron chi connectivity index (χ2n) is 4.58. The molecule has 102 valence electrons. The van der Waals surface area contributed by atoms with Crippen molar-refractivity contribution in [2.45, 2.75) is 12.8 Å². The first-order chi connectivity index (χ1) is 9.08. The maximum atomic E-state index is 10.7. The summed E-state index contributed by atoms with van der Waals surface area (Å²) in [4.78, 5) is 24.4. The van der Waals surface area contributed by atoms with Crippen LogP contribution in [0.4, 0.5) is 11.4 Å². The van der Waals surface area contributed by atoms with Crippen LogP contribution in [0.15, 0.2) is 24.3 Å². The molecule has 1 aliphatic heterocycles. The third-order valence-corrected chi connectivity index (χ3v) is 3.24.